The summed E-state index contributed by atoms with van der Waals surface area (Å²) < 4.78 is 40.1. The lowest BCUT2D eigenvalue weighted by molar-refractivity contribution is -0.274. The first-order chi connectivity index (χ1) is 6.79. The van der Waals surface area contributed by atoms with Crippen LogP contribution < -0.4 is 9.64 Å². The van der Waals surface area contributed by atoms with Gasteiger partial charge in [-0.1, -0.05) is 0 Å². The number of hydrogen-bond donors (Lipinski definition) is 0. The molecule has 1 aromatic carbocycles. The SMILES string of the molecule is CN(C)c1ccc(Br)c(OC(F)(F)F)c1. The van der Waals surface area contributed by atoms with Gasteiger partial charge >= 0.3 is 6.36 Å². The zero-order valence-electron chi connectivity index (χ0n) is 8.10. The molecule has 0 aliphatic carbocycles. The van der Waals surface area contributed by atoms with Crippen LogP contribution in [-0.4, -0.2) is 20.5 Å². The number of hydrogen-bond acceptors (Lipinski definition) is 2. The van der Waals surface area contributed by atoms with Gasteiger partial charge in [-0.2, -0.15) is 0 Å². The molecule has 6 heteroatoms. The Balaban J connectivity index is 3.01. The number of rotatable bonds is 2. The van der Waals surface area contributed by atoms with Crippen molar-refractivity contribution in [3.8, 4) is 5.75 Å². The average molecular weight is 284 g/mol. The van der Waals surface area contributed by atoms with Gasteiger partial charge in [-0.15, -0.1) is 13.2 Å². The monoisotopic (exact) mass is 283 g/mol. The lowest BCUT2D eigenvalue weighted by Crippen LogP contribution is -2.18. The molecule has 0 aliphatic rings. The van der Waals surface area contributed by atoms with Gasteiger partial charge in [0.05, 0.1) is 4.47 Å². The van der Waals surface area contributed by atoms with Gasteiger partial charge in [0.2, 0.25) is 0 Å². The molecule has 0 aliphatic heterocycles. The van der Waals surface area contributed by atoms with E-state index in [2.05, 4.69) is 20.7 Å². The van der Waals surface area contributed by atoms with E-state index in [1.165, 1.54) is 12.1 Å². The normalized spacial score (nSPS) is 11.3. The summed E-state index contributed by atoms with van der Waals surface area (Å²) in [5.74, 6) is -0.242. The molecular weight excluding hydrogens is 275 g/mol. The highest BCUT2D eigenvalue weighted by molar-refractivity contribution is 9.10. The van der Waals surface area contributed by atoms with Crippen LogP contribution in [0.25, 0.3) is 0 Å². The first-order valence-corrected chi connectivity index (χ1v) is 4.81. The molecule has 0 atom stereocenters. The zero-order chi connectivity index (χ0) is 11.6. The lowest BCUT2D eigenvalue weighted by Gasteiger charge is -2.16. The van der Waals surface area contributed by atoms with Crippen LogP contribution in [-0.2, 0) is 0 Å². The number of ether oxygens (including phenoxy) is 1. The van der Waals surface area contributed by atoms with Crippen LogP contribution in [0.15, 0.2) is 22.7 Å². The van der Waals surface area contributed by atoms with Crippen LogP contribution in [0.5, 0.6) is 5.75 Å². The molecule has 0 spiro atoms. The lowest BCUT2D eigenvalue weighted by atomic mass is 10.3. The third-order valence-electron chi connectivity index (χ3n) is 1.66. The van der Waals surface area contributed by atoms with Gasteiger partial charge < -0.3 is 9.64 Å². The summed E-state index contributed by atoms with van der Waals surface area (Å²) in [5, 5.41) is 0. The summed E-state index contributed by atoms with van der Waals surface area (Å²) in [4.78, 5) is 1.69. The Morgan fingerprint density at radius 3 is 2.33 bits per heavy atom. The van der Waals surface area contributed by atoms with Crippen molar-refractivity contribution in [2.75, 3.05) is 19.0 Å². The molecule has 0 bridgehead atoms. The Kier molecular flexibility index (Phi) is 3.49. The fraction of sp³-hybridized carbons (Fsp3) is 0.333. The van der Waals surface area contributed by atoms with Gasteiger partial charge in [0.1, 0.15) is 5.75 Å². The first kappa shape index (κ1) is 12.2. The van der Waals surface area contributed by atoms with E-state index in [0.29, 0.717) is 5.69 Å². The molecule has 15 heavy (non-hydrogen) atoms. The van der Waals surface area contributed by atoms with Crippen LogP contribution >= 0.6 is 15.9 Å². The summed E-state index contributed by atoms with van der Waals surface area (Å²) in [6.07, 6.45) is -4.67. The van der Waals surface area contributed by atoms with E-state index in [-0.39, 0.29) is 10.2 Å². The Morgan fingerprint density at radius 1 is 1.27 bits per heavy atom. The van der Waals surface area contributed by atoms with Gasteiger partial charge in [0, 0.05) is 25.8 Å². The van der Waals surface area contributed by atoms with Crippen molar-refractivity contribution in [1.29, 1.82) is 0 Å². The van der Waals surface area contributed by atoms with Crippen molar-refractivity contribution in [1.82, 2.24) is 0 Å². The molecule has 0 unspecified atom stereocenters. The fourth-order valence-electron chi connectivity index (χ4n) is 0.973. The zero-order valence-corrected chi connectivity index (χ0v) is 9.69. The number of nitrogens with zero attached hydrogens (tertiary/aromatic N) is 1. The summed E-state index contributed by atoms with van der Waals surface area (Å²) in [6, 6.07) is 4.52. The highest BCUT2D eigenvalue weighted by atomic mass is 79.9. The largest absolute Gasteiger partial charge is 0.573 e. The van der Waals surface area contributed by atoms with Crippen LogP contribution in [0.4, 0.5) is 18.9 Å². The summed E-state index contributed by atoms with van der Waals surface area (Å²) in [5.41, 5.74) is 0.637. The molecule has 1 rings (SSSR count). The molecule has 0 N–H and O–H groups in total. The topological polar surface area (TPSA) is 12.5 Å². The maximum Gasteiger partial charge on any atom is 0.573 e. The number of halogens is 4. The molecule has 0 amide bonds. The van der Waals surface area contributed by atoms with Gasteiger partial charge in [-0.25, -0.2) is 0 Å². The second-order valence-electron chi connectivity index (χ2n) is 3.06. The molecule has 1 aromatic rings. The van der Waals surface area contributed by atoms with E-state index < -0.39 is 6.36 Å². The predicted molar refractivity (Wildman–Crippen MR) is 55.2 cm³/mol. The van der Waals surface area contributed by atoms with E-state index >= 15 is 0 Å². The van der Waals surface area contributed by atoms with E-state index in [1.807, 2.05) is 0 Å². The third-order valence-corrected chi connectivity index (χ3v) is 2.31. The van der Waals surface area contributed by atoms with Gasteiger partial charge in [-0.05, 0) is 28.1 Å². The summed E-state index contributed by atoms with van der Waals surface area (Å²) in [7, 11) is 3.47. The van der Waals surface area contributed by atoms with Gasteiger partial charge in [0.25, 0.3) is 0 Å². The molecule has 0 heterocycles. The molecular formula is C9H9BrF3NO. The van der Waals surface area contributed by atoms with Crippen molar-refractivity contribution >= 4 is 21.6 Å². The minimum Gasteiger partial charge on any atom is -0.405 e. The van der Waals surface area contributed by atoms with E-state index in [4.69, 9.17) is 0 Å². The Morgan fingerprint density at radius 2 is 1.87 bits per heavy atom. The second kappa shape index (κ2) is 4.30. The van der Waals surface area contributed by atoms with Crippen LogP contribution in [0.3, 0.4) is 0 Å². The highest BCUT2D eigenvalue weighted by Gasteiger charge is 2.32. The summed E-state index contributed by atoms with van der Waals surface area (Å²) >= 11 is 2.99. The molecule has 0 radical (unpaired) electrons. The van der Waals surface area contributed by atoms with Gasteiger partial charge in [0.15, 0.2) is 0 Å². The van der Waals surface area contributed by atoms with Crippen molar-refractivity contribution < 1.29 is 17.9 Å². The van der Waals surface area contributed by atoms with E-state index in [1.54, 1.807) is 25.1 Å². The minimum absolute atomic E-state index is 0.242. The standard InChI is InChI=1S/C9H9BrF3NO/c1-14(2)6-3-4-7(10)8(5-6)15-9(11,12)13/h3-5H,1-2H3. The molecule has 0 aromatic heterocycles. The van der Waals surface area contributed by atoms with Crippen LogP contribution in [0.2, 0.25) is 0 Å². The van der Waals surface area contributed by atoms with E-state index in [9.17, 15) is 13.2 Å². The smallest absolute Gasteiger partial charge is 0.405 e. The molecule has 0 saturated carbocycles. The van der Waals surface area contributed by atoms with Crippen molar-refractivity contribution in [3.05, 3.63) is 22.7 Å². The number of alkyl halides is 3. The van der Waals surface area contributed by atoms with Gasteiger partial charge in [-0.3, -0.25) is 0 Å². The maximum atomic E-state index is 12.0. The van der Waals surface area contributed by atoms with Crippen molar-refractivity contribution in [3.63, 3.8) is 0 Å². The molecule has 0 fully saturated rings. The predicted octanol–water partition coefficient (Wildman–Crippen LogP) is 3.41. The summed E-state index contributed by atoms with van der Waals surface area (Å²) in [6.45, 7) is 0. The van der Waals surface area contributed by atoms with Crippen molar-refractivity contribution in [2.45, 2.75) is 6.36 Å². The van der Waals surface area contributed by atoms with E-state index in [0.717, 1.165) is 0 Å². The quantitative estimate of drug-likeness (QED) is 0.825. The Bertz CT molecular complexity index is 352. The minimum atomic E-state index is -4.67. The third kappa shape index (κ3) is 3.62. The Labute approximate surface area is 93.8 Å². The van der Waals surface area contributed by atoms with Crippen LogP contribution in [0, 0.1) is 0 Å². The van der Waals surface area contributed by atoms with Crippen molar-refractivity contribution in [2.24, 2.45) is 0 Å². The average Bonchev–Trinajstić information content (AvgIpc) is 2.06. The Hall–Kier alpha value is -0.910. The molecule has 2 nitrogen and oxygen atoms in total. The number of benzene rings is 1. The highest BCUT2D eigenvalue weighted by Crippen LogP contribution is 2.33. The molecule has 0 saturated heterocycles. The fourth-order valence-corrected chi connectivity index (χ4v) is 1.30. The maximum absolute atomic E-state index is 12.0. The molecule has 84 valence electrons. The van der Waals surface area contributed by atoms with Crippen LogP contribution in [0.1, 0.15) is 0 Å². The number of anilines is 1. The second-order valence-corrected chi connectivity index (χ2v) is 3.91. The first-order valence-electron chi connectivity index (χ1n) is 4.02.